The summed E-state index contributed by atoms with van der Waals surface area (Å²) in [5, 5.41) is 3.76. The van der Waals surface area contributed by atoms with Gasteiger partial charge in [0.1, 0.15) is 4.88 Å². The van der Waals surface area contributed by atoms with Gasteiger partial charge in [0, 0.05) is 9.50 Å². The maximum atomic E-state index is 12.0. The zero-order valence-corrected chi connectivity index (χ0v) is 12.5. The number of hydrogen-bond donors (Lipinski definition) is 2. The Morgan fingerprint density at radius 2 is 2.28 bits per heavy atom. The minimum absolute atomic E-state index is 0.232. The van der Waals surface area contributed by atoms with Crippen LogP contribution < -0.4 is 11.1 Å². The van der Waals surface area contributed by atoms with Crippen LogP contribution in [0.5, 0.6) is 0 Å². The van der Waals surface area contributed by atoms with Crippen LogP contribution in [-0.2, 0) is 0 Å². The molecule has 1 aromatic carbocycles. The lowest BCUT2D eigenvalue weighted by Gasteiger charge is -2.06. The SMILES string of the molecule is Cc1nc(N)sc1C(=O)Nc1ccc(Cl)cc1Br. The maximum Gasteiger partial charge on any atom is 0.267 e. The zero-order valence-electron chi connectivity index (χ0n) is 9.33. The van der Waals surface area contributed by atoms with Crippen molar-refractivity contribution in [2.75, 3.05) is 11.1 Å². The predicted octanol–water partition coefficient (Wildman–Crippen LogP) is 3.70. The fourth-order valence-electron chi connectivity index (χ4n) is 1.40. The number of nitrogens with zero attached hydrogens (tertiary/aromatic N) is 1. The van der Waals surface area contributed by atoms with Gasteiger partial charge < -0.3 is 11.1 Å². The average molecular weight is 347 g/mol. The number of aryl methyl sites for hydroxylation is 1. The van der Waals surface area contributed by atoms with Crippen molar-refractivity contribution in [3.05, 3.63) is 38.3 Å². The van der Waals surface area contributed by atoms with Crippen molar-refractivity contribution in [2.24, 2.45) is 0 Å². The third kappa shape index (κ3) is 2.82. The molecule has 7 heteroatoms. The topological polar surface area (TPSA) is 68.0 Å². The number of carbonyl (C=O) groups excluding carboxylic acids is 1. The molecule has 1 aromatic heterocycles. The molecule has 0 aliphatic rings. The standard InChI is InChI=1S/C11H9BrClN3OS/c1-5-9(18-11(14)15-5)10(17)16-8-3-2-6(13)4-7(8)12/h2-4H,1H3,(H2,14,15)(H,16,17). The Morgan fingerprint density at radius 3 is 2.83 bits per heavy atom. The van der Waals surface area contributed by atoms with Crippen LogP contribution in [0.25, 0.3) is 0 Å². The molecule has 94 valence electrons. The van der Waals surface area contributed by atoms with Crippen LogP contribution in [0.2, 0.25) is 5.02 Å². The largest absolute Gasteiger partial charge is 0.375 e. The zero-order chi connectivity index (χ0) is 13.3. The number of carbonyl (C=O) groups is 1. The molecule has 2 rings (SSSR count). The fraction of sp³-hybridized carbons (Fsp3) is 0.0909. The monoisotopic (exact) mass is 345 g/mol. The van der Waals surface area contributed by atoms with E-state index in [4.69, 9.17) is 17.3 Å². The number of aromatic nitrogens is 1. The first-order valence-corrected chi connectivity index (χ1v) is 6.95. The molecule has 0 bridgehead atoms. The Labute approximate surface area is 121 Å². The van der Waals surface area contributed by atoms with Gasteiger partial charge in [0.05, 0.1) is 11.4 Å². The highest BCUT2D eigenvalue weighted by molar-refractivity contribution is 9.10. The van der Waals surface area contributed by atoms with Gasteiger partial charge in [-0.15, -0.1) is 0 Å². The smallest absolute Gasteiger partial charge is 0.267 e. The lowest BCUT2D eigenvalue weighted by Crippen LogP contribution is -2.11. The Hall–Kier alpha value is -1.11. The van der Waals surface area contributed by atoms with E-state index in [1.54, 1.807) is 25.1 Å². The van der Waals surface area contributed by atoms with E-state index >= 15 is 0 Å². The molecule has 18 heavy (non-hydrogen) atoms. The summed E-state index contributed by atoms with van der Waals surface area (Å²) >= 11 is 10.3. The number of rotatable bonds is 2. The summed E-state index contributed by atoms with van der Waals surface area (Å²) in [4.78, 5) is 16.6. The van der Waals surface area contributed by atoms with Crippen LogP contribution in [0, 0.1) is 6.92 Å². The number of anilines is 2. The van der Waals surface area contributed by atoms with Gasteiger partial charge >= 0.3 is 0 Å². The Balaban J connectivity index is 2.24. The average Bonchev–Trinajstić information content (AvgIpc) is 2.62. The number of nitrogens with one attached hydrogen (secondary N) is 1. The molecular formula is C11H9BrClN3OS. The summed E-state index contributed by atoms with van der Waals surface area (Å²) in [6.45, 7) is 1.75. The van der Waals surface area contributed by atoms with Gasteiger partial charge in [0.25, 0.3) is 5.91 Å². The normalized spacial score (nSPS) is 10.4. The van der Waals surface area contributed by atoms with Crippen LogP contribution in [0.15, 0.2) is 22.7 Å². The molecule has 3 N–H and O–H groups in total. The van der Waals surface area contributed by atoms with Gasteiger partial charge in [0.2, 0.25) is 0 Å². The van der Waals surface area contributed by atoms with Gasteiger partial charge in [0.15, 0.2) is 5.13 Å². The molecule has 0 radical (unpaired) electrons. The van der Waals surface area contributed by atoms with Gasteiger partial charge in [-0.05, 0) is 41.1 Å². The van der Waals surface area contributed by atoms with Gasteiger partial charge in [-0.25, -0.2) is 4.98 Å². The van der Waals surface area contributed by atoms with Crippen molar-refractivity contribution in [2.45, 2.75) is 6.92 Å². The number of amides is 1. The molecule has 1 heterocycles. The van der Waals surface area contributed by atoms with E-state index in [1.165, 1.54) is 0 Å². The molecule has 0 spiro atoms. The van der Waals surface area contributed by atoms with E-state index in [9.17, 15) is 4.79 Å². The van der Waals surface area contributed by atoms with Crippen molar-refractivity contribution < 1.29 is 4.79 Å². The highest BCUT2D eigenvalue weighted by atomic mass is 79.9. The molecule has 0 fully saturated rings. The number of nitrogens with two attached hydrogens (primary N) is 1. The fourth-order valence-corrected chi connectivity index (χ4v) is 2.91. The number of halogens is 2. The van der Waals surface area contributed by atoms with E-state index in [2.05, 4.69) is 26.2 Å². The Morgan fingerprint density at radius 1 is 1.56 bits per heavy atom. The van der Waals surface area contributed by atoms with Crippen LogP contribution in [0.1, 0.15) is 15.4 Å². The highest BCUT2D eigenvalue weighted by Gasteiger charge is 2.15. The van der Waals surface area contributed by atoms with E-state index in [1.807, 2.05) is 0 Å². The molecule has 2 aromatic rings. The minimum atomic E-state index is -0.232. The molecular weight excluding hydrogens is 338 g/mol. The third-order valence-corrected chi connectivity index (χ3v) is 4.08. The molecule has 0 aliphatic carbocycles. The second-order valence-corrected chi connectivity index (χ2v) is 5.87. The molecule has 0 aliphatic heterocycles. The van der Waals surface area contributed by atoms with E-state index in [0.717, 1.165) is 15.8 Å². The predicted molar refractivity (Wildman–Crippen MR) is 78.4 cm³/mol. The quantitative estimate of drug-likeness (QED) is 0.871. The van der Waals surface area contributed by atoms with Gasteiger partial charge in [-0.2, -0.15) is 0 Å². The van der Waals surface area contributed by atoms with Crippen LogP contribution in [0.3, 0.4) is 0 Å². The summed E-state index contributed by atoms with van der Waals surface area (Å²) < 4.78 is 0.721. The molecule has 0 saturated carbocycles. The number of hydrogen-bond acceptors (Lipinski definition) is 4. The highest BCUT2D eigenvalue weighted by Crippen LogP contribution is 2.27. The number of thiazole rings is 1. The molecule has 1 amide bonds. The third-order valence-electron chi connectivity index (χ3n) is 2.20. The summed E-state index contributed by atoms with van der Waals surface area (Å²) in [6.07, 6.45) is 0. The van der Waals surface area contributed by atoms with E-state index in [0.29, 0.717) is 26.4 Å². The first-order valence-electron chi connectivity index (χ1n) is 4.96. The van der Waals surface area contributed by atoms with Crippen molar-refractivity contribution in [1.82, 2.24) is 4.98 Å². The minimum Gasteiger partial charge on any atom is -0.375 e. The molecule has 0 saturated heterocycles. The van der Waals surface area contributed by atoms with Crippen LogP contribution in [-0.4, -0.2) is 10.9 Å². The lowest BCUT2D eigenvalue weighted by molar-refractivity contribution is 0.102. The Kier molecular flexibility index (Phi) is 3.89. The van der Waals surface area contributed by atoms with Crippen molar-refractivity contribution >= 4 is 55.6 Å². The van der Waals surface area contributed by atoms with E-state index in [-0.39, 0.29) is 5.91 Å². The summed E-state index contributed by atoms with van der Waals surface area (Å²) in [5.74, 6) is -0.232. The summed E-state index contributed by atoms with van der Waals surface area (Å²) in [6, 6.07) is 5.14. The lowest BCUT2D eigenvalue weighted by atomic mass is 10.3. The summed E-state index contributed by atoms with van der Waals surface area (Å²) in [5.41, 5.74) is 6.84. The molecule has 0 atom stereocenters. The number of nitrogen functional groups attached to an aromatic ring is 1. The molecule has 0 unspecified atom stereocenters. The van der Waals surface area contributed by atoms with Gasteiger partial charge in [-0.3, -0.25) is 4.79 Å². The first kappa shape index (κ1) is 13.3. The second-order valence-electron chi connectivity index (χ2n) is 3.54. The van der Waals surface area contributed by atoms with Crippen LogP contribution >= 0.6 is 38.9 Å². The van der Waals surface area contributed by atoms with Crippen molar-refractivity contribution in [3.8, 4) is 0 Å². The first-order chi connectivity index (χ1) is 8.47. The molecule has 4 nitrogen and oxygen atoms in total. The second kappa shape index (κ2) is 5.26. The number of benzene rings is 1. The van der Waals surface area contributed by atoms with Crippen molar-refractivity contribution in [3.63, 3.8) is 0 Å². The van der Waals surface area contributed by atoms with Crippen molar-refractivity contribution in [1.29, 1.82) is 0 Å². The summed E-state index contributed by atoms with van der Waals surface area (Å²) in [7, 11) is 0. The Bertz CT molecular complexity index is 614. The van der Waals surface area contributed by atoms with Crippen LogP contribution in [0.4, 0.5) is 10.8 Å². The van der Waals surface area contributed by atoms with Gasteiger partial charge in [-0.1, -0.05) is 22.9 Å². The van der Waals surface area contributed by atoms with E-state index < -0.39 is 0 Å². The maximum absolute atomic E-state index is 12.0.